The minimum atomic E-state index is -0.334. The molecule has 5 heteroatoms. The first-order valence-corrected chi connectivity index (χ1v) is 9.11. The Kier molecular flexibility index (Phi) is 4.46. The van der Waals surface area contributed by atoms with Gasteiger partial charge in [-0.05, 0) is 60.9 Å². The topological polar surface area (TPSA) is 43.8 Å². The van der Waals surface area contributed by atoms with Gasteiger partial charge in [0.2, 0.25) is 0 Å². The molecule has 0 bridgehead atoms. The number of nitrogens with zero attached hydrogens (tertiary/aromatic N) is 2. The summed E-state index contributed by atoms with van der Waals surface area (Å²) in [5.41, 5.74) is 11.7. The summed E-state index contributed by atoms with van der Waals surface area (Å²) in [5.74, 6) is -0.334. The monoisotopic (exact) mass is 379 g/mol. The minimum absolute atomic E-state index is 0.0469. The van der Waals surface area contributed by atoms with Crippen LogP contribution in [0.15, 0.2) is 60.9 Å². The number of rotatable bonds is 3. The zero-order valence-corrected chi connectivity index (χ0v) is 15.8. The number of aryl methyl sites for hydroxylation is 1. The highest BCUT2D eigenvalue weighted by Crippen LogP contribution is 2.34. The van der Waals surface area contributed by atoms with Crippen LogP contribution >= 0.6 is 11.6 Å². The van der Waals surface area contributed by atoms with Crippen molar-refractivity contribution in [2.24, 2.45) is 5.73 Å². The van der Waals surface area contributed by atoms with Crippen molar-refractivity contribution < 1.29 is 4.39 Å². The molecule has 1 atom stereocenters. The van der Waals surface area contributed by atoms with E-state index in [0.717, 1.165) is 33.4 Å². The van der Waals surface area contributed by atoms with Crippen molar-refractivity contribution in [3.63, 3.8) is 0 Å². The Bertz CT molecular complexity index is 1150. The quantitative estimate of drug-likeness (QED) is 0.488. The Morgan fingerprint density at radius 3 is 2.70 bits per heavy atom. The van der Waals surface area contributed by atoms with Gasteiger partial charge < -0.3 is 5.73 Å². The molecule has 136 valence electrons. The van der Waals surface area contributed by atoms with Gasteiger partial charge in [-0.25, -0.2) is 9.37 Å². The Balaban J connectivity index is 1.85. The van der Waals surface area contributed by atoms with E-state index in [1.807, 2.05) is 60.9 Å². The van der Waals surface area contributed by atoms with E-state index < -0.39 is 0 Å². The molecular formula is C22H19ClFN3. The Labute approximate surface area is 162 Å². The van der Waals surface area contributed by atoms with Crippen molar-refractivity contribution in [1.29, 1.82) is 0 Å². The fourth-order valence-corrected chi connectivity index (χ4v) is 3.51. The van der Waals surface area contributed by atoms with Gasteiger partial charge in [0.1, 0.15) is 12.1 Å². The molecular weight excluding hydrogens is 361 g/mol. The second kappa shape index (κ2) is 6.80. The Morgan fingerprint density at radius 2 is 1.93 bits per heavy atom. The van der Waals surface area contributed by atoms with Crippen molar-refractivity contribution in [3.05, 3.63) is 82.9 Å². The van der Waals surface area contributed by atoms with Gasteiger partial charge in [0.15, 0.2) is 0 Å². The highest BCUT2D eigenvalue weighted by atomic mass is 35.5. The third-order valence-corrected chi connectivity index (χ3v) is 5.28. The molecule has 2 N–H and O–H groups in total. The standard InChI is InChI=1S/C22H19ClFN3/c1-13-6-8-18(24)21(22(13)23)16-4-3-5-17(10-16)27-12-26-19-11-15(14(2)25)7-9-20(19)27/h3-12,14H,25H2,1-2H3/t14-/m0/s1. The first-order valence-electron chi connectivity index (χ1n) is 8.73. The summed E-state index contributed by atoms with van der Waals surface area (Å²) in [7, 11) is 0. The van der Waals surface area contributed by atoms with Gasteiger partial charge in [0.05, 0.1) is 16.1 Å². The van der Waals surface area contributed by atoms with E-state index in [1.54, 1.807) is 12.4 Å². The Hall–Kier alpha value is -2.69. The molecule has 1 heterocycles. The lowest BCUT2D eigenvalue weighted by Gasteiger charge is -2.11. The highest BCUT2D eigenvalue weighted by molar-refractivity contribution is 6.34. The van der Waals surface area contributed by atoms with Crippen LogP contribution in [0.25, 0.3) is 27.8 Å². The van der Waals surface area contributed by atoms with E-state index in [4.69, 9.17) is 17.3 Å². The molecule has 0 amide bonds. The molecule has 0 fully saturated rings. The summed E-state index contributed by atoms with van der Waals surface area (Å²) in [6.45, 7) is 3.82. The van der Waals surface area contributed by atoms with Crippen LogP contribution in [0.3, 0.4) is 0 Å². The number of halogens is 2. The third kappa shape index (κ3) is 3.11. The van der Waals surface area contributed by atoms with Crippen molar-refractivity contribution in [1.82, 2.24) is 9.55 Å². The summed E-state index contributed by atoms with van der Waals surface area (Å²) < 4.78 is 16.4. The summed E-state index contributed by atoms with van der Waals surface area (Å²) in [5, 5.41) is 0.434. The van der Waals surface area contributed by atoms with Gasteiger partial charge >= 0.3 is 0 Å². The van der Waals surface area contributed by atoms with Gasteiger partial charge in [-0.3, -0.25) is 4.57 Å². The van der Waals surface area contributed by atoms with Crippen LogP contribution in [0, 0.1) is 12.7 Å². The largest absolute Gasteiger partial charge is 0.324 e. The lowest BCUT2D eigenvalue weighted by molar-refractivity contribution is 0.631. The van der Waals surface area contributed by atoms with Crippen LogP contribution in [-0.2, 0) is 0 Å². The SMILES string of the molecule is Cc1ccc(F)c(-c2cccc(-n3cnc4cc([C@H](C)N)ccc43)c2)c1Cl. The van der Waals surface area contributed by atoms with Crippen LogP contribution in [0.1, 0.15) is 24.1 Å². The van der Waals surface area contributed by atoms with Crippen LogP contribution in [0.2, 0.25) is 5.02 Å². The number of aromatic nitrogens is 2. The molecule has 0 unspecified atom stereocenters. The number of hydrogen-bond acceptors (Lipinski definition) is 2. The normalized spacial score (nSPS) is 12.5. The van der Waals surface area contributed by atoms with Crippen molar-refractivity contribution >= 4 is 22.6 Å². The number of benzene rings is 3. The predicted molar refractivity (Wildman–Crippen MR) is 109 cm³/mol. The summed E-state index contributed by atoms with van der Waals surface area (Å²) in [4.78, 5) is 4.50. The molecule has 1 aromatic heterocycles. The van der Waals surface area contributed by atoms with Gasteiger partial charge in [0, 0.05) is 17.3 Å². The van der Waals surface area contributed by atoms with Crippen molar-refractivity contribution in [2.75, 3.05) is 0 Å². The second-order valence-electron chi connectivity index (χ2n) is 6.75. The molecule has 4 aromatic rings. The lowest BCUT2D eigenvalue weighted by Crippen LogP contribution is -2.04. The maximum atomic E-state index is 14.4. The predicted octanol–water partition coefficient (Wildman–Crippen LogP) is 5.81. The first-order chi connectivity index (χ1) is 13.0. The van der Waals surface area contributed by atoms with Crippen LogP contribution in [0.5, 0.6) is 0 Å². The first kappa shape index (κ1) is 17.7. The van der Waals surface area contributed by atoms with Gasteiger partial charge in [-0.1, -0.05) is 35.9 Å². The van der Waals surface area contributed by atoms with E-state index in [0.29, 0.717) is 10.6 Å². The maximum absolute atomic E-state index is 14.4. The van der Waals surface area contributed by atoms with E-state index in [9.17, 15) is 4.39 Å². The van der Waals surface area contributed by atoms with E-state index >= 15 is 0 Å². The van der Waals surface area contributed by atoms with Crippen molar-refractivity contribution in [3.8, 4) is 16.8 Å². The lowest BCUT2D eigenvalue weighted by atomic mass is 10.0. The molecule has 0 radical (unpaired) electrons. The molecule has 4 rings (SSSR count). The molecule has 0 saturated heterocycles. The van der Waals surface area contributed by atoms with E-state index in [1.165, 1.54) is 6.07 Å². The molecule has 3 aromatic carbocycles. The summed E-state index contributed by atoms with van der Waals surface area (Å²) in [6.07, 6.45) is 1.77. The van der Waals surface area contributed by atoms with E-state index in [-0.39, 0.29) is 11.9 Å². The second-order valence-corrected chi connectivity index (χ2v) is 7.13. The molecule has 0 aliphatic heterocycles. The zero-order chi connectivity index (χ0) is 19.1. The fourth-order valence-electron chi connectivity index (χ4n) is 3.25. The molecule has 27 heavy (non-hydrogen) atoms. The number of imidazole rings is 1. The zero-order valence-electron chi connectivity index (χ0n) is 15.1. The maximum Gasteiger partial charge on any atom is 0.132 e. The van der Waals surface area contributed by atoms with Crippen molar-refractivity contribution in [2.45, 2.75) is 19.9 Å². The minimum Gasteiger partial charge on any atom is -0.324 e. The van der Waals surface area contributed by atoms with E-state index in [2.05, 4.69) is 4.98 Å². The molecule has 0 aliphatic carbocycles. The average molecular weight is 380 g/mol. The smallest absolute Gasteiger partial charge is 0.132 e. The van der Waals surface area contributed by atoms with Crippen LogP contribution in [0.4, 0.5) is 4.39 Å². The van der Waals surface area contributed by atoms with Crippen LogP contribution in [-0.4, -0.2) is 9.55 Å². The highest BCUT2D eigenvalue weighted by Gasteiger charge is 2.14. The third-order valence-electron chi connectivity index (χ3n) is 4.79. The fraction of sp³-hybridized carbons (Fsp3) is 0.136. The summed E-state index contributed by atoms with van der Waals surface area (Å²) in [6, 6.07) is 16.7. The van der Waals surface area contributed by atoms with Gasteiger partial charge in [-0.2, -0.15) is 0 Å². The number of nitrogens with two attached hydrogens (primary N) is 1. The number of hydrogen-bond donors (Lipinski definition) is 1. The van der Waals surface area contributed by atoms with Gasteiger partial charge in [0.25, 0.3) is 0 Å². The average Bonchev–Trinajstić information content (AvgIpc) is 3.08. The molecule has 0 saturated carbocycles. The van der Waals surface area contributed by atoms with Crippen LogP contribution < -0.4 is 5.73 Å². The molecule has 0 spiro atoms. The van der Waals surface area contributed by atoms with Gasteiger partial charge in [-0.15, -0.1) is 0 Å². The summed E-state index contributed by atoms with van der Waals surface area (Å²) >= 11 is 6.38. The molecule has 0 aliphatic rings. The Morgan fingerprint density at radius 1 is 1.11 bits per heavy atom. The number of fused-ring (bicyclic) bond motifs is 1. The molecule has 3 nitrogen and oxygen atoms in total.